The van der Waals surface area contributed by atoms with E-state index in [9.17, 15) is 9.59 Å². The van der Waals surface area contributed by atoms with E-state index in [2.05, 4.69) is 5.32 Å². The highest BCUT2D eigenvalue weighted by atomic mass is 35.5. The van der Waals surface area contributed by atoms with Gasteiger partial charge in [-0.25, -0.2) is 0 Å². The molecule has 0 bridgehead atoms. The average molecular weight is 310 g/mol. The molecule has 1 fully saturated rings. The molecule has 0 aromatic heterocycles. The number of amides is 2. The van der Waals surface area contributed by atoms with Crippen molar-refractivity contribution in [1.29, 1.82) is 0 Å². The fourth-order valence-electron chi connectivity index (χ4n) is 2.57. The quantitative estimate of drug-likeness (QED) is 0.891. The molecule has 2 atom stereocenters. The standard InChI is InChI=1S/C15H20ClN3O2/c1-10(19-7-3-4-11(9-19)14(17)20)15(21)18-13-6-2-5-12(16)8-13/h2,5-6,8,10-11H,3-4,7,9H2,1H3,(H2,17,20)(H,18,21)/t10-,11-/m0/s1. The molecule has 114 valence electrons. The van der Waals surface area contributed by atoms with Gasteiger partial charge in [-0.1, -0.05) is 17.7 Å². The topological polar surface area (TPSA) is 75.4 Å². The van der Waals surface area contributed by atoms with Gasteiger partial charge >= 0.3 is 0 Å². The van der Waals surface area contributed by atoms with Crippen molar-refractivity contribution in [3.05, 3.63) is 29.3 Å². The number of nitrogens with two attached hydrogens (primary N) is 1. The van der Waals surface area contributed by atoms with E-state index in [1.54, 1.807) is 24.3 Å². The van der Waals surface area contributed by atoms with Crippen molar-refractivity contribution in [3.63, 3.8) is 0 Å². The summed E-state index contributed by atoms with van der Waals surface area (Å²) in [5.74, 6) is -0.565. The second kappa shape index (κ2) is 6.91. The SMILES string of the molecule is C[C@@H](C(=O)Nc1cccc(Cl)c1)N1CCC[C@H](C(N)=O)C1. The van der Waals surface area contributed by atoms with Crippen molar-refractivity contribution in [1.82, 2.24) is 4.90 Å². The van der Waals surface area contributed by atoms with Crippen LogP contribution in [0.25, 0.3) is 0 Å². The Balaban J connectivity index is 1.97. The summed E-state index contributed by atoms with van der Waals surface area (Å²) >= 11 is 5.90. The fraction of sp³-hybridized carbons (Fsp3) is 0.467. The highest BCUT2D eigenvalue weighted by molar-refractivity contribution is 6.30. The number of hydrogen-bond acceptors (Lipinski definition) is 3. The molecule has 1 aliphatic heterocycles. The van der Waals surface area contributed by atoms with Crippen LogP contribution in [-0.2, 0) is 9.59 Å². The van der Waals surface area contributed by atoms with Gasteiger partial charge in [0.1, 0.15) is 0 Å². The summed E-state index contributed by atoms with van der Waals surface area (Å²) < 4.78 is 0. The molecule has 0 spiro atoms. The van der Waals surface area contributed by atoms with Crippen molar-refractivity contribution >= 4 is 29.1 Å². The Hall–Kier alpha value is -1.59. The predicted octanol–water partition coefficient (Wildman–Crippen LogP) is 1.86. The van der Waals surface area contributed by atoms with Gasteiger partial charge in [-0.2, -0.15) is 0 Å². The van der Waals surface area contributed by atoms with Gasteiger partial charge < -0.3 is 11.1 Å². The molecule has 1 heterocycles. The number of carbonyl (C=O) groups is 2. The normalized spacial score (nSPS) is 20.8. The van der Waals surface area contributed by atoms with Gasteiger partial charge in [0.15, 0.2) is 0 Å². The zero-order valence-electron chi connectivity index (χ0n) is 12.0. The van der Waals surface area contributed by atoms with Crippen molar-refractivity contribution in [2.75, 3.05) is 18.4 Å². The van der Waals surface area contributed by atoms with Gasteiger partial charge in [-0.3, -0.25) is 14.5 Å². The molecule has 2 amide bonds. The first-order chi connectivity index (χ1) is 9.97. The lowest BCUT2D eigenvalue weighted by Crippen LogP contribution is -2.49. The molecular formula is C15H20ClN3O2. The van der Waals surface area contributed by atoms with Gasteiger partial charge in [0, 0.05) is 17.3 Å². The maximum Gasteiger partial charge on any atom is 0.241 e. The summed E-state index contributed by atoms with van der Waals surface area (Å²) in [5, 5.41) is 3.42. The lowest BCUT2D eigenvalue weighted by Gasteiger charge is -2.34. The van der Waals surface area contributed by atoms with Crippen LogP contribution in [-0.4, -0.2) is 35.8 Å². The highest BCUT2D eigenvalue weighted by Gasteiger charge is 2.29. The minimum Gasteiger partial charge on any atom is -0.369 e. The number of benzene rings is 1. The number of piperidine rings is 1. The summed E-state index contributed by atoms with van der Waals surface area (Å²) in [6, 6.07) is 6.72. The largest absolute Gasteiger partial charge is 0.369 e. The van der Waals surface area contributed by atoms with Crippen LogP contribution in [0, 0.1) is 5.92 Å². The number of nitrogens with one attached hydrogen (secondary N) is 1. The number of carbonyl (C=O) groups excluding carboxylic acids is 2. The molecular weight excluding hydrogens is 290 g/mol. The van der Waals surface area contributed by atoms with Crippen molar-refractivity contribution < 1.29 is 9.59 Å². The van der Waals surface area contributed by atoms with E-state index in [0.29, 0.717) is 17.3 Å². The van der Waals surface area contributed by atoms with Crippen LogP contribution in [0.2, 0.25) is 5.02 Å². The molecule has 5 nitrogen and oxygen atoms in total. The number of hydrogen-bond donors (Lipinski definition) is 2. The van der Waals surface area contributed by atoms with Crippen LogP contribution in [0.5, 0.6) is 0 Å². The minimum absolute atomic E-state index is 0.109. The third kappa shape index (κ3) is 4.19. The first-order valence-electron chi connectivity index (χ1n) is 7.07. The Kier molecular flexibility index (Phi) is 5.20. The summed E-state index contributed by atoms with van der Waals surface area (Å²) in [5.41, 5.74) is 6.03. The Morgan fingerprint density at radius 1 is 1.48 bits per heavy atom. The molecule has 0 unspecified atom stereocenters. The molecule has 0 aliphatic carbocycles. The average Bonchev–Trinajstić information content (AvgIpc) is 2.46. The van der Waals surface area contributed by atoms with Crippen molar-refractivity contribution in [2.24, 2.45) is 11.7 Å². The Morgan fingerprint density at radius 2 is 2.24 bits per heavy atom. The van der Waals surface area contributed by atoms with Crippen LogP contribution < -0.4 is 11.1 Å². The molecule has 1 saturated heterocycles. The fourth-order valence-corrected chi connectivity index (χ4v) is 2.76. The number of primary amides is 1. The molecule has 1 aromatic rings. The van der Waals surface area contributed by atoms with E-state index < -0.39 is 0 Å². The van der Waals surface area contributed by atoms with Gasteiger partial charge in [-0.15, -0.1) is 0 Å². The number of rotatable bonds is 4. The van der Waals surface area contributed by atoms with Crippen LogP contribution in [0.3, 0.4) is 0 Å². The van der Waals surface area contributed by atoms with Crippen LogP contribution in [0.15, 0.2) is 24.3 Å². The molecule has 2 rings (SSSR count). The van der Waals surface area contributed by atoms with E-state index in [0.717, 1.165) is 19.4 Å². The molecule has 0 saturated carbocycles. The second-order valence-corrected chi connectivity index (χ2v) is 5.85. The third-order valence-corrected chi connectivity index (χ3v) is 4.11. The Labute approximate surface area is 129 Å². The summed E-state index contributed by atoms with van der Waals surface area (Å²) in [4.78, 5) is 25.6. The number of halogens is 1. The molecule has 0 radical (unpaired) electrons. The van der Waals surface area contributed by atoms with E-state index in [-0.39, 0.29) is 23.8 Å². The maximum atomic E-state index is 12.3. The van der Waals surface area contributed by atoms with E-state index in [4.69, 9.17) is 17.3 Å². The van der Waals surface area contributed by atoms with Gasteiger partial charge in [0.05, 0.1) is 12.0 Å². The third-order valence-electron chi connectivity index (χ3n) is 3.87. The molecule has 6 heteroatoms. The molecule has 1 aliphatic rings. The van der Waals surface area contributed by atoms with E-state index in [1.165, 1.54) is 0 Å². The lowest BCUT2D eigenvalue weighted by molar-refractivity contribution is -0.127. The lowest BCUT2D eigenvalue weighted by atomic mass is 9.96. The monoisotopic (exact) mass is 309 g/mol. The van der Waals surface area contributed by atoms with E-state index in [1.807, 2.05) is 11.8 Å². The number of anilines is 1. The van der Waals surface area contributed by atoms with Gasteiger partial charge in [0.25, 0.3) is 0 Å². The van der Waals surface area contributed by atoms with E-state index >= 15 is 0 Å². The number of likely N-dealkylation sites (tertiary alicyclic amines) is 1. The van der Waals surface area contributed by atoms with Crippen LogP contribution in [0.1, 0.15) is 19.8 Å². The summed E-state index contributed by atoms with van der Waals surface area (Å²) in [6.07, 6.45) is 1.68. The first-order valence-corrected chi connectivity index (χ1v) is 7.45. The predicted molar refractivity (Wildman–Crippen MR) is 83.0 cm³/mol. The summed E-state index contributed by atoms with van der Waals surface area (Å²) in [7, 11) is 0. The van der Waals surface area contributed by atoms with Crippen molar-refractivity contribution in [2.45, 2.75) is 25.8 Å². The molecule has 21 heavy (non-hydrogen) atoms. The smallest absolute Gasteiger partial charge is 0.241 e. The Morgan fingerprint density at radius 3 is 2.90 bits per heavy atom. The first kappa shape index (κ1) is 15.8. The van der Waals surface area contributed by atoms with Crippen LogP contribution >= 0.6 is 11.6 Å². The molecule has 3 N–H and O–H groups in total. The van der Waals surface area contributed by atoms with Crippen molar-refractivity contribution in [3.8, 4) is 0 Å². The zero-order valence-corrected chi connectivity index (χ0v) is 12.8. The minimum atomic E-state index is -0.314. The number of nitrogens with zero attached hydrogens (tertiary/aromatic N) is 1. The highest BCUT2D eigenvalue weighted by Crippen LogP contribution is 2.20. The van der Waals surface area contributed by atoms with Crippen LogP contribution in [0.4, 0.5) is 5.69 Å². The Bertz CT molecular complexity index is 535. The maximum absolute atomic E-state index is 12.3. The molecule has 1 aromatic carbocycles. The van der Waals surface area contributed by atoms with Gasteiger partial charge in [-0.05, 0) is 44.5 Å². The zero-order chi connectivity index (χ0) is 15.4. The second-order valence-electron chi connectivity index (χ2n) is 5.41. The summed E-state index contributed by atoms with van der Waals surface area (Å²) in [6.45, 7) is 3.18. The van der Waals surface area contributed by atoms with Gasteiger partial charge in [0.2, 0.25) is 11.8 Å².